The van der Waals surface area contributed by atoms with E-state index in [0.717, 1.165) is 11.1 Å². The Kier molecular flexibility index (Phi) is 5.09. The molecule has 0 fully saturated rings. The fraction of sp³-hybridized carbons (Fsp3) is 0.111. The van der Waals surface area contributed by atoms with Gasteiger partial charge in [0.2, 0.25) is 0 Å². The molecular formula is C18H19N3O. The van der Waals surface area contributed by atoms with Crippen molar-refractivity contribution in [1.82, 2.24) is 5.43 Å². The predicted molar refractivity (Wildman–Crippen MR) is 90.6 cm³/mol. The second kappa shape index (κ2) is 7.22. The second-order valence-electron chi connectivity index (χ2n) is 5.03. The molecule has 2 aromatic carbocycles. The zero-order valence-electron chi connectivity index (χ0n) is 12.7. The van der Waals surface area contributed by atoms with Gasteiger partial charge in [0, 0.05) is 5.56 Å². The van der Waals surface area contributed by atoms with Crippen molar-refractivity contribution in [2.24, 2.45) is 10.8 Å². The molecule has 0 saturated carbocycles. The van der Waals surface area contributed by atoms with E-state index in [9.17, 15) is 4.79 Å². The van der Waals surface area contributed by atoms with Crippen LogP contribution in [0.4, 0.5) is 4.79 Å². The Morgan fingerprint density at radius 1 is 1.14 bits per heavy atom. The Bertz CT molecular complexity index is 718. The summed E-state index contributed by atoms with van der Waals surface area (Å²) in [6, 6.07) is 15.2. The van der Waals surface area contributed by atoms with Gasteiger partial charge in [-0.25, -0.2) is 10.2 Å². The lowest BCUT2D eigenvalue weighted by Crippen LogP contribution is -2.25. The van der Waals surface area contributed by atoms with E-state index in [4.69, 9.17) is 5.73 Å². The number of hydrogen-bond donors (Lipinski definition) is 2. The van der Waals surface area contributed by atoms with Crippen LogP contribution in [0.15, 0.2) is 59.7 Å². The number of primary amides is 1. The average Bonchev–Trinajstić information content (AvgIpc) is 2.49. The molecule has 2 aromatic rings. The van der Waals surface area contributed by atoms with E-state index in [1.54, 1.807) is 0 Å². The topological polar surface area (TPSA) is 67.5 Å². The normalized spacial score (nSPS) is 11.6. The minimum Gasteiger partial charge on any atom is -0.350 e. The molecule has 3 N–H and O–H groups in total. The van der Waals surface area contributed by atoms with Crippen LogP contribution in [-0.2, 0) is 0 Å². The number of nitrogens with two attached hydrogens (primary N) is 1. The summed E-state index contributed by atoms with van der Waals surface area (Å²) < 4.78 is 0. The Labute approximate surface area is 130 Å². The summed E-state index contributed by atoms with van der Waals surface area (Å²) >= 11 is 0. The lowest BCUT2D eigenvalue weighted by atomic mass is 10.0. The molecule has 4 nitrogen and oxygen atoms in total. The van der Waals surface area contributed by atoms with Gasteiger partial charge in [0.25, 0.3) is 0 Å². The summed E-state index contributed by atoms with van der Waals surface area (Å²) in [5.41, 5.74) is 12.4. The van der Waals surface area contributed by atoms with E-state index in [-0.39, 0.29) is 0 Å². The van der Waals surface area contributed by atoms with Crippen LogP contribution in [0.5, 0.6) is 0 Å². The van der Waals surface area contributed by atoms with Gasteiger partial charge in [-0.1, -0.05) is 60.2 Å². The third-order valence-corrected chi connectivity index (χ3v) is 3.20. The summed E-state index contributed by atoms with van der Waals surface area (Å²) in [7, 11) is 0. The number of hydrogen-bond acceptors (Lipinski definition) is 2. The van der Waals surface area contributed by atoms with E-state index >= 15 is 0 Å². The van der Waals surface area contributed by atoms with Gasteiger partial charge in [0.1, 0.15) is 0 Å². The molecule has 0 bridgehead atoms. The van der Waals surface area contributed by atoms with Crippen molar-refractivity contribution in [3.63, 3.8) is 0 Å². The molecule has 4 heteroatoms. The molecule has 0 radical (unpaired) electrons. The Morgan fingerprint density at radius 2 is 1.86 bits per heavy atom. The highest BCUT2D eigenvalue weighted by Crippen LogP contribution is 2.13. The minimum absolute atomic E-state index is 0.638. The van der Waals surface area contributed by atoms with Crippen molar-refractivity contribution in [2.75, 3.05) is 0 Å². The van der Waals surface area contributed by atoms with Crippen molar-refractivity contribution in [1.29, 1.82) is 0 Å². The molecule has 0 aliphatic carbocycles. The first-order chi connectivity index (χ1) is 10.6. The summed E-state index contributed by atoms with van der Waals surface area (Å²) in [6.45, 7) is 4.13. The maximum absolute atomic E-state index is 10.9. The number of carbonyl (C=O) groups is 1. The molecule has 0 aliphatic rings. The van der Waals surface area contributed by atoms with Crippen LogP contribution in [0.1, 0.15) is 22.3 Å². The number of rotatable bonds is 4. The maximum Gasteiger partial charge on any atom is 0.332 e. The highest BCUT2D eigenvalue weighted by atomic mass is 16.2. The molecule has 0 aromatic heterocycles. The molecular weight excluding hydrogens is 274 g/mol. The van der Waals surface area contributed by atoms with Gasteiger partial charge in [-0.15, -0.1) is 0 Å². The van der Waals surface area contributed by atoms with E-state index < -0.39 is 6.03 Å². The maximum atomic E-state index is 10.9. The fourth-order valence-electron chi connectivity index (χ4n) is 2.10. The monoisotopic (exact) mass is 293 g/mol. The standard InChI is InChI=1S/C18H19N3O/c1-13-8-9-15(14(2)12-13)10-11-17(20-21-18(19)22)16-6-4-3-5-7-16/h3-12H,1-2H3,(H3,19,21,22)/b11-10+,20-17-. The average molecular weight is 293 g/mol. The Hall–Kier alpha value is -2.88. The van der Waals surface area contributed by atoms with Crippen LogP contribution in [0.2, 0.25) is 0 Å². The van der Waals surface area contributed by atoms with Gasteiger partial charge < -0.3 is 5.73 Å². The van der Waals surface area contributed by atoms with Crippen LogP contribution in [0.3, 0.4) is 0 Å². The highest BCUT2D eigenvalue weighted by molar-refractivity contribution is 6.11. The van der Waals surface area contributed by atoms with Crippen molar-refractivity contribution >= 4 is 17.8 Å². The number of aryl methyl sites for hydroxylation is 2. The fourth-order valence-corrected chi connectivity index (χ4v) is 2.10. The second-order valence-corrected chi connectivity index (χ2v) is 5.03. The Morgan fingerprint density at radius 3 is 2.50 bits per heavy atom. The number of amides is 2. The van der Waals surface area contributed by atoms with Crippen molar-refractivity contribution in [2.45, 2.75) is 13.8 Å². The van der Waals surface area contributed by atoms with Crippen molar-refractivity contribution < 1.29 is 4.79 Å². The third kappa shape index (κ3) is 4.31. The quantitative estimate of drug-likeness (QED) is 0.658. The van der Waals surface area contributed by atoms with Gasteiger partial charge in [0.15, 0.2) is 0 Å². The summed E-state index contributed by atoms with van der Waals surface area (Å²) in [6.07, 6.45) is 3.84. The van der Waals surface area contributed by atoms with E-state index in [1.807, 2.05) is 42.5 Å². The molecule has 0 atom stereocenters. The number of benzene rings is 2. The summed E-state index contributed by atoms with van der Waals surface area (Å²) in [5.74, 6) is 0. The number of nitrogens with one attached hydrogen (secondary N) is 1. The smallest absolute Gasteiger partial charge is 0.332 e. The first kappa shape index (κ1) is 15.5. The van der Waals surface area contributed by atoms with Gasteiger partial charge in [-0.3, -0.25) is 0 Å². The predicted octanol–water partition coefficient (Wildman–Crippen LogP) is 3.39. The molecule has 112 valence electrons. The number of allylic oxidation sites excluding steroid dienone is 1. The van der Waals surface area contributed by atoms with Gasteiger partial charge in [-0.2, -0.15) is 5.10 Å². The van der Waals surface area contributed by atoms with Crippen LogP contribution in [0.25, 0.3) is 6.08 Å². The summed E-state index contributed by atoms with van der Waals surface area (Å²) in [4.78, 5) is 10.9. The van der Waals surface area contributed by atoms with E-state index in [0.29, 0.717) is 5.71 Å². The van der Waals surface area contributed by atoms with E-state index in [2.05, 4.69) is 42.6 Å². The zero-order valence-corrected chi connectivity index (χ0v) is 12.7. The minimum atomic E-state index is -0.687. The SMILES string of the molecule is Cc1ccc(/C=C/C(=N/NC(N)=O)c2ccccc2)c(C)c1. The van der Waals surface area contributed by atoms with Crippen molar-refractivity contribution in [3.8, 4) is 0 Å². The highest BCUT2D eigenvalue weighted by Gasteiger charge is 2.01. The van der Waals surface area contributed by atoms with Crippen LogP contribution in [0, 0.1) is 13.8 Å². The number of carbonyl (C=O) groups excluding carboxylic acids is 1. The largest absolute Gasteiger partial charge is 0.350 e. The molecule has 0 unspecified atom stereocenters. The van der Waals surface area contributed by atoms with Gasteiger partial charge in [-0.05, 0) is 31.1 Å². The molecule has 0 heterocycles. The van der Waals surface area contributed by atoms with Crippen molar-refractivity contribution in [3.05, 3.63) is 76.9 Å². The number of nitrogens with zero attached hydrogens (tertiary/aromatic N) is 1. The van der Waals surface area contributed by atoms with Gasteiger partial charge >= 0.3 is 6.03 Å². The van der Waals surface area contributed by atoms with Crippen LogP contribution in [-0.4, -0.2) is 11.7 Å². The zero-order chi connectivity index (χ0) is 15.9. The lowest BCUT2D eigenvalue weighted by Gasteiger charge is -2.04. The van der Waals surface area contributed by atoms with Crippen LogP contribution >= 0.6 is 0 Å². The first-order valence-corrected chi connectivity index (χ1v) is 7.00. The molecule has 0 spiro atoms. The van der Waals surface area contributed by atoms with Crippen LogP contribution < -0.4 is 11.2 Å². The first-order valence-electron chi connectivity index (χ1n) is 7.00. The molecule has 0 saturated heterocycles. The lowest BCUT2D eigenvalue weighted by molar-refractivity contribution is 0.249. The molecule has 0 aliphatic heterocycles. The van der Waals surface area contributed by atoms with E-state index in [1.165, 1.54) is 11.1 Å². The van der Waals surface area contributed by atoms with Gasteiger partial charge in [0.05, 0.1) is 5.71 Å². The number of urea groups is 1. The molecule has 22 heavy (non-hydrogen) atoms. The third-order valence-electron chi connectivity index (χ3n) is 3.20. The Balaban J connectivity index is 2.32. The molecule has 2 rings (SSSR count). The number of hydrazone groups is 1. The molecule has 2 amide bonds. The summed E-state index contributed by atoms with van der Waals surface area (Å²) in [5, 5.41) is 4.06.